The normalized spacial score (nSPS) is 27.4. The largest absolute Gasteiger partial charge is 0.573 e. The first kappa shape index (κ1) is 23.9. The summed E-state index contributed by atoms with van der Waals surface area (Å²) >= 11 is 0. The number of hydrogen-bond acceptors (Lipinski definition) is 3. The zero-order chi connectivity index (χ0) is 24.1. The molecule has 1 unspecified atom stereocenters. The number of rotatable bonds is 4. The number of ether oxygens (including phenoxy) is 1. The number of urea groups is 1. The van der Waals surface area contributed by atoms with E-state index in [0.717, 1.165) is 11.0 Å². The zero-order valence-corrected chi connectivity index (χ0v) is 16.7. The van der Waals surface area contributed by atoms with Crippen LogP contribution in [0.15, 0.2) is 18.2 Å². The van der Waals surface area contributed by atoms with Gasteiger partial charge in [-0.2, -0.15) is 13.2 Å². The molecule has 3 N–H and O–H groups in total. The van der Waals surface area contributed by atoms with Gasteiger partial charge in [0.25, 0.3) is 0 Å². The number of carbonyl (C=O) groups is 2. The van der Waals surface area contributed by atoms with Crippen LogP contribution in [0.5, 0.6) is 5.75 Å². The SMILES string of the molecule is CC1([C@@H](c2ccc(OC(F)(F)F)c(F)c2)C2CC(C(F)(F)F)C2)C(=O)NCCN1C(N)=O. The number of nitrogens with two attached hydrogens (primary N) is 1. The molecule has 2 atom stereocenters. The second-order valence-corrected chi connectivity index (χ2v) is 8.08. The topological polar surface area (TPSA) is 84.7 Å². The van der Waals surface area contributed by atoms with Crippen molar-refractivity contribution < 1.29 is 45.1 Å². The Morgan fingerprint density at radius 2 is 1.88 bits per heavy atom. The lowest BCUT2D eigenvalue weighted by Gasteiger charge is -2.53. The van der Waals surface area contributed by atoms with Crippen LogP contribution < -0.4 is 15.8 Å². The Hall–Kier alpha value is -2.73. The number of benzene rings is 1. The molecule has 0 aromatic heterocycles. The summed E-state index contributed by atoms with van der Waals surface area (Å²) in [5.74, 6) is -6.88. The molecule has 0 spiro atoms. The molecule has 6 nitrogen and oxygen atoms in total. The van der Waals surface area contributed by atoms with Crippen LogP contribution in [-0.2, 0) is 4.79 Å². The Balaban J connectivity index is 2.05. The van der Waals surface area contributed by atoms with E-state index in [1.54, 1.807) is 0 Å². The lowest BCUT2D eigenvalue weighted by molar-refractivity contribution is -0.275. The Bertz CT molecular complexity index is 899. The fraction of sp³-hybridized carbons (Fsp3) is 0.579. The van der Waals surface area contributed by atoms with Crippen LogP contribution in [0.2, 0.25) is 0 Å². The number of hydrogen-bond donors (Lipinski definition) is 2. The van der Waals surface area contributed by atoms with Gasteiger partial charge >= 0.3 is 18.6 Å². The summed E-state index contributed by atoms with van der Waals surface area (Å²) in [6, 6.07) is 1.40. The molecule has 0 bridgehead atoms. The average Bonchev–Trinajstić information content (AvgIpc) is 2.59. The van der Waals surface area contributed by atoms with Crippen LogP contribution in [0.1, 0.15) is 31.2 Å². The van der Waals surface area contributed by atoms with E-state index in [1.165, 1.54) is 6.92 Å². The van der Waals surface area contributed by atoms with E-state index in [4.69, 9.17) is 5.73 Å². The molecule has 1 saturated carbocycles. The minimum absolute atomic E-state index is 0.0404. The Morgan fingerprint density at radius 1 is 1.25 bits per heavy atom. The lowest BCUT2D eigenvalue weighted by Crippen LogP contribution is -2.69. The molecule has 32 heavy (non-hydrogen) atoms. The van der Waals surface area contributed by atoms with E-state index >= 15 is 0 Å². The summed E-state index contributed by atoms with van der Waals surface area (Å²) in [7, 11) is 0. The van der Waals surface area contributed by atoms with Crippen molar-refractivity contribution in [1.29, 1.82) is 0 Å². The van der Waals surface area contributed by atoms with Gasteiger partial charge in [-0.3, -0.25) is 4.79 Å². The van der Waals surface area contributed by atoms with Gasteiger partial charge in [-0.1, -0.05) is 6.07 Å². The first-order chi connectivity index (χ1) is 14.6. The Morgan fingerprint density at radius 3 is 2.38 bits per heavy atom. The summed E-state index contributed by atoms with van der Waals surface area (Å²) in [5, 5.41) is 2.53. The molecule has 1 aromatic rings. The van der Waals surface area contributed by atoms with Crippen molar-refractivity contribution in [3.63, 3.8) is 0 Å². The minimum Gasteiger partial charge on any atom is -0.403 e. The van der Waals surface area contributed by atoms with Crippen LogP contribution >= 0.6 is 0 Å². The van der Waals surface area contributed by atoms with E-state index in [9.17, 15) is 40.3 Å². The fourth-order valence-corrected chi connectivity index (χ4v) is 4.64. The molecule has 178 valence electrons. The Kier molecular flexibility index (Phi) is 5.98. The molecule has 3 rings (SSSR count). The van der Waals surface area contributed by atoms with Gasteiger partial charge in [-0.25, -0.2) is 9.18 Å². The number of halogens is 7. The van der Waals surface area contributed by atoms with Gasteiger partial charge in [0.15, 0.2) is 11.6 Å². The number of alkyl halides is 6. The van der Waals surface area contributed by atoms with Gasteiger partial charge in [-0.15, -0.1) is 13.2 Å². The molecule has 1 aliphatic heterocycles. The highest BCUT2D eigenvalue weighted by Gasteiger charge is 2.58. The van der Waals surface area contributed by atoms with E-state index in [0.29, 0.717) is 12.1 Å². The van der Waals surface area contributed by atoms with Gasteiger partial charge in [-0.05, 0) is 43.4 Å². The first-order valence-corrected chi connectivity index (χ1v) is 9.62. The highest BCUT2D eigenvalue weighted by molar-refractivity contribution is 5.92. The average molecular weight is 471 g/mol. The molecule has 13 heteroatoms. The monoisotopic (exact) mass is 471 g/mol. The van der Waals surface area contributed by atoms with Crippen molar-refractivity contribution >= 4 is 11.9 Å². The quantitative estimate of drug-likeness (QED) is 0.658. The number of carbonyl (C=O) groups excluding carboxylic acids is 2. The Labute approximate surface area is 177 Å². The molecular formula is C19H20F7N3O3. The van der Waals surface area contributed by atoms with Gasteiger partial charge < -0.3 is 20.7 Å². The van der Waals surface area contributed by atoms with Gasteiger partial charge in [0, 0.05) is 19.0 Å². The summed E-state index contributed by atoms with van der Waals surface area (Å²) in [6.45, 7) is 1.31. The lowest BCUT2D eigenvalue weighted by atomic mass is 9.60. The minimum atomic E-state index is -5.16. The number of nitrogens with zero attached hydrogens (tertiary/aromatic N) is 1. The van der Waals surface area contributed by atoms with Gasteiger partial charge in [0.1, 0.15) is 5.54 Å². The van der Waals surface area contributed by atoms with Crippen molar-refractivity contribution in [3.05, 3.63) is 29.6 Å². The number of amides is 3. The molecule has 1 heterocycles. The predicted molar refractivity (Wildman–Crippen MR) is 95.8 cm³/mol. The number of primary amides is 1. The summed E-state index contributed by atoms with van der Waals surface area (Å²) < 4.78 is 94.7. The van der Waals surface area contributed by atoms with Crippen LogP contribution in [0.4, 0.5) is 35.5 Å². The number of piperazine rings is 1. The standard InChI is InChI=1S/C19H20F7N3O3/c1-17(15(30)28-4-5-29(17)16(27)31)14(10-6-11(7-10)18(21,22)23)9-2-3-13(12(20)8-9)32-19(24,25)26/h2-3,8,10-11,14H,4-7H2,1H3,(H2,27,31)(H,28,30)/t10?,11?,14-,17?/m0/s1. The fourth-order valence-electron chi connectivity index (χ4n) is 4.64. The van der Waals surface area contributed by atoms with Crippen molar-refractivity contribution in [3.8, 4) is 5.75 Å². The maximum atomic E-state index is 14.4. The van der Waals surface area contributed by atoms with E-state index in [-0.39, 0.29) is 18.7 Å². The van der Waals surface area contributed by atoms with Crippen molar-refractivity contribution in [2.75, 3.05) is 13.1 Å². The van der Waals surface area contributed by atoms with Gasteiger partial charge in [0.2, 0.25) is 5.91 Å². The summed E-state index contributed by atoms with van der Waals surface area (Å²) in [5.41, 5.74) is 3.57. The van der Waals surface area contributed by atoms with Crippen LogP contribution in [0.3, 0.4) is 0 Å². The van der Waals surface area contributed by atoms with Crippen LogP contribution in [-0.4, -0.2) is 48.0 Å². The first-order valence-electron chi connectivity index (χ1n) is 9.62. The van der Waals surface area contributed by atoms with Crippen molar-refractivity contribution in [2.45, 2.75) is 43.8 Å². The highest BCUT2D eigenvalue weighted by atomic mass is 19.4. The molecular weight excluding hydrogens is 451 g/mol. The van der Waals surface area contributed by atoms with Crippen LogP contribution in [0, 0.1) is 17.7 Å². The smallest absolute Gasteiger partial charge is 0.403 e. The molecule has 2 aliphatic rings. The maximum Gasteiger partial charge on any atom is 0.573 e. The molecule has 1 saturated heterocycles. The van der Waals surface area contributed by atoms with Crippen molar-refractivity contribution in [1.82, 2.24) is 10.2 Å². The highest BCUT2D eigenvalue weighted by Crippen LogP contribution is 2.54. The molecule has 1 aliphatic carbocycles. The van der Waals surface area contributed by atoms with Crippen LogP contribution in [0.25, 0.3) is 0 Å². The maximum absolute atomic E-state index is 14.4. The second-order valence-electron chi connectivity index (χ2n) is 8.08. The number of nitrogens with one attached hydrogen (secondary N) is 1. The van der Waals surface area contributed by atoms with E-state index in [2.05, 4.69) is 10.1 Å². The summed E-state index contributed by atoms with van der Waals surface area (Å²) in [6.07, 6.45) is -10.4. The molecule has 0 radical (unpaired) electrons. The van der Waals surface area contributed by atoms with Gasteiger partial charge in [0.05, 0.1) is 5.92 Å². The third-order valence-electron chi connectivity index (χ3n) is 6.16. The summed E-state index contributed by atoms with van der Waals surface area (Å²) in [4.78, 5) is 25.9. The third kappa shape index (κ3) is 4.42. The molecule has 2 fully saturated rings. The van der Waals surface area contributed by atoms with E-state index in [1.807, 2.05) is 0 Å². The second kappa shape index (κ2) is 8.00. The third-order valence-corrected chi connectivity index (χ3v) is 6.16. The molecule has 1 aromatic carbocycles. The zero-order valence-electron chi connectivity index (χ0n) is 16.7. The molecule has 3 amide bonds. The predicted octanol–water partition coefficient (Wildman–Crippen LogP) is 3.67. The van der Waals surface area contributed by atoms with E-state index < -0.39 is 72.2 Å². The van der Waals surface area contributed by atoms with Crippen molar-refractivity contribution in [2.24, 2.45) is 17.6 Å².